The molecule has 1 aromatic carbocycles. The molecule has 6 heteroatoms. The lowest BCUT2D eigenvalue weighted by Crippen LogP contribution is -2.61. The van der Waals surface area contributed by atoms with Gasteiger partial charge in [0.2, 0.25) is 6.10 Å². The topological polar surface area (TPSA) is 48.0 Å². The average molecular weight is 361 g/mol. The van der Waals surface area contributed by atoms with Gasteiger partial charge in [-0.15, -0.1) is 11.3 Å². The van der Waals surface area contributed by atoms with Gasteiger partial charge in [-0.2, -0.15) is 0 Å². The fourth-order valence-corrected chi connectivity index (χ4v) is 3.99. The van der Waals surface area contributed by atoms with Crippen LogP contribution in [0, 0.1) is 6.92 Å². The Morgan fingerprint density at radius 1 is 1.08 bits per heavy atom. The van der Waals surface area contributed by atoms with Gasteiger partial charge in [0.05, 0.1) is 7.11 Å². The van der Waals surface area contributed by atoms with Gasteiger partial charge in [0.1, 0.15) is 17.5 Å². The van der Waals surface area contributed by atoms with Gasteiger partial charge in [-0.3, -0.25) is 4.79 Å². The van der Waals surface area contributed by atoms with E-state index in [0.717, 1.165) is 17.0 Å². The highest BCUT2D eigenvalue weighted by Gasteiger charge is 2.50. The maximum Gasteiger partial charge on any atom is 0.266 e. The maximum atomic E-state index is 12.6. The van der Waals surface area contributed by atoms with E-state index in [1.54, 1.807) is 25.6 Å². The Morgan fingerprint density at radius 3 is 2.40 bits per heavy atom. The zero-order valence-corrected chi connectivity index (χ0v) is 15.5. The van der Waals surface area contributed by atoms with Crippen molar-refractivity contribution in [3.8, 4) is 11.5 Å². The van der Waals surface area contributed by atoms with E-state index in [-0.39, 0.29) is 11.9 Å². The first kappa shape index (κ1) is 17.8. The molecule has 0 aliphatic carbocycles. The Labute approximate surface area is 152 Å². The highest BCUT2D eigenvalue weighted by molar-refractivity contribution is 7.12. The molecule has 2 aromatic rings. The molecule has 0 bridgehead atoms. The summed E-state index contributed by atoms with van der Waals surface area (Å²) in [5.74, 6) is 1.47. The van der Waals surface area contributed by atoms with Crippen molar-refractivity contribution in [2.24, 2.45) is 0 Å². The summed E-state index contributed by atoms with van der Waals surface area (Å²) in [5.41, 5.74) is 0. The summed E-state index contributed by atoms with van der Waals surface area (Å²) in [5, 5.41) is 0. The summed E-state index contributed by atoms with van der Waals surface area (Å²) in [7, 11) is 3.30. The number of rotatable bonds is 8. The van der Waals surface area contributed by atoms with Crippen molar-refractivity contribution < 1.29 is 19.0 Å². The SMILES string of the molecule is COCCCN1C(=O)[C@@H](Oc2ccc(OC)cc2)[C@H]1c1ccc(C)s1. The molecule has 2 atom stereocenters. The molecule has 1 fully saturated rings. The van der Waals surface area contributed by atoms with Crippen molar-refractivity contribution in [3.63, 3.8) is 0 Å². The Balaban J connectivity index is 1.75. The molecule has 0 unspecified atom stereocenters. The number of likely N-dealkylation sites (tertiary alicyclic amines) is 1. The maximum absolute atomic E-state index is 12.6. The van der Waals surface area contributed by atoms with Crippen LogP contribution in [0.2, 0.25) is 0 Å². The number of thiophene rings is 1. The van der Waals surface area contributed by atoms with Crippen molar-refractivity contribution in [3.05, 3.63) is 46.2 Å². The third kappa shape index (κ3) is 3.80. The Bertz CT molecular complexity index is 712. The number of carbonyl (C=O) groups excluding carboxylic acids is 1. The quantitative estimate of drug-likeness (QED) is 0.534. The second-order valence-electron chi connectivity index (χ2n) is 5.99. The zero-order valence-electron chi connectivity index (χ0n) is 14.7. The number of β-lactam (4-membered cyclic amide) rings is 1. The summed E-state index contributed by atoms with van der Waals surface area (Å²) in [6.45, 7) is 3.39. The van der Waals surface area contributed by atoms with Crippen molar-refractivity contribution in [2.45, 2.75) is 25.5 Å². The van der Waals surface area contributed by atoms with Crippen LogP contribution in [-0.4, -0.2) is 44.3 Å². The molecular weight excluding hydrogens is 338 g/mol. The van der Waals surface area contributed by atoms with E-state index in [4.69, 9.17) is 14.2 Å². The fourth-order valence-electron chi connectivity index (χ4n) is 2.98. The summed E-state index contributed by atoms with van der Waals surface area (Å²) < 4.78 is 16.3. The lowest BCUT2D eigenvalue weighted by Gasteiger charge is -2.46. The number of ether oxygens (including phenoxy) is 3. The van der Waals surface area contributed by atoms with Crippen LogP contribution < -0.4 is 9.47 Å². The monoisotopic (exact) mass is 361 g/mol. The van der Waals surface area contributed by atoms with E-state index >= 15 is 0 Å². The minimum Gasteiger partial charge on any atom is -0.497 e. The molecule has 1 aliphatic heterocycles. The Morgan fingerprint density at radius 2 is 1.80 bits per heavy atom. The highest BCUT2D eigenvalue weighted by atomic mass is 32.1. The van der Waals surface area contributed by atoms with E-state index in [2.05, 4.69) is 19.1 Å². The first-order chi connectivity index (χ1) is 12.1. The molecule has 0 spiro atoms. The molecule has 5 nitrogen and oxygen atoms in total. The van der Waals surface area contributed by atoms with Gasteiger partial charge in [0.25, 0.3) is 5.91 Å². The van der Waals surface area contributed by atoms with Gasteiger partial charge in [-0.1, -0.05) is 0 Å². The van der Waals surface area contributed by atoms with Crippen molar-refractivity contribution in [1.82, 2.24) is 4.90 Å². The van der Waals surface area contributed by atoms with Gasteiger partial charge in [-0.25, -0.2) is 0 Å². The van der Waals surface area contributed by atoms with Crippen LogP contribution in [0.3, 0.4) is 0 Å². The average Bonchev–Trinajstić information content (AvgIpc) is 3.05. The van der Waals surface area contributed by atoms with E-state index in [9.17, 15) is 4.79 Å². The lowest BCUT2D eigenvalue weighted by atomic mass is 9.95. The number of nitrogens with zero attached hydrogens (tertiary/aromatic N) is 1. The standard InChI is InChI=1S/C19H23NO4S/c1-13-5-10-16(25-13)17-18(19(21)20(17)11-4-12-22-2)24-15-8-6-14(23-3)7-9-15/h5-10,17-18H,4,11-12H2,1-3H3/t17-,18+/m1/s1. The number of hydrogen-bond acceptors (Lipinski definition) is 5. The molecule has 134 valence electrons. The molecule has 1 saturated heterocycles. The molecule has 0 N–H and O–H groups in total. The van der Waals surface area contributed by atoms with Crippen LogP contribution in [0.15, 0.2) is 36.4 Å². The first-order valence-corrected chi connectivity index (χ1v) is 9.12. The summed E-state index contributed by atoms with van der Waals surface area (Å²) >= 11 is 1.71. The molecule has 1 aliphatic rings. The third-order valence-electron chi connectivity index (χ3n) is 4.27. The molecule has 0 radical (unpaired) electrons. The number of carbonyl (C=O) groups is 1. The summed E-state index contributed by atoms with van der Waals surface area (Å²) in [4.78, 5) is 16.9. The minimum atomic E-state index is -0.478. The molecule has 2 heterocycles. The zero-order chi connectivity index (χ0) is 17.8. The van der Waals surface area contributed by atoms with E-state index in [0.29, 0.717) is 18.9 Å². The van der Waals surface area contributed by atoms with Crippen molar-refractivity contribution >= 4 is 17.2 Å². The normalized spacial score (nSPS) is 19.6. The van der Waals surface area contributed by atoms with Gasteiger partial charge in [0, 0.05) is 30.0 Å². The number of amides is 1. The molecule has 3 rings (SSSR count). The molecule has 1 aromatic heterocycles. The summed E-state index contributed by atoms with van der Waals surface area (Å²) in [6.07, 6.45) is 0.340. The number of aryl methyl sites for hydroxylation is 1. The van der Waals surface area contributed by atoms with E-state index in [1.165, 1.54) is 4.88 Å². The van der Waals surface area contributed by atoms with E-state index < -0.39 is 6.10 Å². The fraction of sp³-hybridized carbons (Fsp3) is 0.421. The van der Waals surface area contributed by atoms with Crippen LogP contribution in [0.25, 0.3) is 0 Å². The first-order valence-electron chi connectivity index (χ1n) is 8.30. The Hall–Kier alpha value is -2.05. The van der Waals surface area contributed by atoms with Crippen LogP contribution in [-0.2, 0) is 9.53 Å². The molecule has 1 amide bonds. The van der Waals surface area contributed by atoms with E-state index in [1.807, 2.05) is 29.2 Å². The molecule has 25 heavy (non-hydrogen) atoms. The number of benzene rings is 1. The minimum absolute atomic E-state index is 0.0305. The predicted octanol–water partition coefficient (Wildman–Crippen LogP) is 3.43. The second-order valence-corrected chi connectivity index (χ2v) is 7.30. The van der Waals surface area contributed by atoms with Crippen LogP contribution in [0.1, 0.15) is 22.2 Å². The van der Waals surface area contributed by atoms with Gasteiger partial charge < -0.3 is 19.1 Å². The predicted molar refractivity (Wildman–Crippen MR) is 97.4 cm³/mol. The van der Waals surface area contributed by atoms with Gasteiger partial charge in [-0.05, 0) is 49.7 Å². The Kier molecular flexibility index (Phi) is 5.60. The molecular formula is C19H23NO4S. The number of hydrogen-bond donors (Lipinski definition) is 0. The van der Waals surface area contributed by atoms with Crippen molar-refractivity contribution in [2.75, 3.05) is 27.4 Å². The van der Waals surface area contributed by atoms with Crippen LogP contribution in [0.4, 0.5) is 0 Å². The largest absolute Gasteiger partial charge is 0.497 e. The number of methoxy groups -OCH3 is 2. The highest BCUT2D eigenvalue weighted by Crippen LogP contribution is 2.40. The smallest absolute Gasteiger partial charge is 0.266 e. The molecule has 0 saturated carbocycles. The van der Waals surface area contributed by atoms with Gasteiger partial charge in [0.15, 0.2) is 0 Å². The third-order valence-corrected chi connectivity index (χ3v) is 5.34. The van der Waals surface area contributed by atoms with Crippen LogP contribution in [0.5, 0.6) is 11.5 Å². The van der Waals surface area contributed by atoms with Crippen LogP contribution >= 0.6 is 11.3 Å². The van der Waals surface area contributed by atoms with Gasteiger partial charge >= 0.3 is 0 Å². The lowest BCUT2D eigenvalue weighted by molar-refractivity contribution is -0.164. The summed E-state index contributed by atoms with van der Waals surface area (Å²) in [6, 6.07) is 11.5. The van der Waals surface area contributed by atoms with Crippen molar-refractivity contribution in [1.29, 1.82) is 0 Å². The second kappa shape index (κ2) is 7.89.